The quantitative estimate of drug-likeness (QED) is 0.450. The van der Waals surface area contributed by atoms with E-state index in [0.29, 0.717) is 6.61 Å². The molecule has 2 nitrogen and oxygen atoms in total. The number of rotatable bonds is 4. The lowest BCUT2D eigenvalue weighted by Gasteiger charge is -2.04. The molecule has 0 aromatic heterocycles. The van der Waals surface area contributed by atoms with E-state index < -0.39 is 0 Å². The van der Waals surface area contributed by atoms with Gasteiger partial charge in [-0.15, -0.1) is 0 Å². The molecule has 1 unspecified atom stereocenters. The number of halogens is 2. The van der Waals surface area contributed by atoms with Crippen LogP contribution in [-0.2, 0) is 9.53 Å². The second kappa shape index (κ2) is 6.85. The van der Waals surface area contributed by atoms with Crippen LogP contribution in [0.1, 0.15) is 6.92 Å². The highest BCUT2D eigenvalue weighted by molar-refractivity contribution is 9.12. The minimum atomic E-state index is -0.294. The van der Waals surface area contributed by atoms with E-state index in [9.17, 15) is 4.79 Å². The number of carbonyl (C=O) groups excluding carboxylic acids is 1. The standard InChI is InChI=1S/C7H10Br2O2/c1-2-3-7(10)11-5-6(9)4-8/h2-3,6H,4-5H2,1H3/b3-2+. The topological polar surface area (TPSA) is 26.3 Å². The van der Waals surface area contributed by atoms with Gasteiger partial charge in [0.15, 0.2) is 0 Å². The molecule has 11 heavy (non-hydrogen) atoms. The number of carbonyl (C=O) groups is 1. The predicted octanol–water partition coefficient (Wildman–Crippen LogP) is 2.26. The highest BCUT2D eigenvalue weighted by atomic mass is 79.9. The molecule has 0 bridgehead atoms. The van der Waals surface area contributed by atoms with Crippen LogP contribution in [0.4, 0.5) is 0 Å². The molecule has 4 heteroatoms. The van der Waals surface area contributed by atoms with Gasteiger partial charge in [-0.25, -0.2) is 4.79 Å². The molecule has 0 saturated heterocycles. The summed E-state index contributed by atoms with van der Waals surface area (Å²) < 4.78 is 4.83. The van der Waals surface area contributed by atoms with Crippen molar-refractivity contribution < 1.29 is 9.53 Å². The summed E-state index contributed by atoms with van der Waals surface area (Å²) in [5.41, 5.74) is 0. The van der Waals surface area contributed by atoms with Gasteiger partial charge in [0.05, 0.1) is 4.83 Å². The normalized spacial score (nSPS) is 13.4. The van der Waals surface area contributed by atoms with Gasteiger partial charge in [-0.2, -0.15) is 0 Å². The number of esters is 1. The molecular formula is C7H10Br2O2. The van der Waals surface area contributed by atoms with Crippen LogP contribution < -0.4 is 0 Å². The van der Waals surface area contributed by atoms with Crippen LogP contribution in [0.25, 0.3) is 0 Å². The fourth-order valence-corrected chi connectivity index (χ4v) is 0.720. The van der Waals surface area contributed by atoms with Gasteiger partial charge in [0.2, 0.25) is 0 Å². The summed E-state index contributed by atoms with van der Waals surface area (Å²) in [6, 6.07) is 0. The van der Waals surface area contributed by atoms with Crippen LogP contribution in [-0.4, -0.2) is 22.7 Å². The first-order valence-corrected chi connectivity index (χ1v) is 5.24. The number of hydrogen-bond donors (Lipinski definition) is 0. The van der Waals surface area contributed by atoms with Gasteiger partial charge in [-0.05, 0) is 6.92 Å². The van der Waals surface area contributed by atoms with Gasteiger partial charge in [0.25, 0.3) is 0 Å². The average molecular weight is 286 g/mol. The van der Waals surface area contributed by atoms with Gasteiger partial charge >= 0.3 is 5.97 Å². The highest BCUT2D eigenvalue weighted by Gasteiger charge is 2.03. The summed E-state index contributed by atoms with van der Waals surface area (Å²) in [5.74, 6) is -0.294. The molecule has 0 aromatic carbocycles. The molecule has 0 aliphatic rings. The minimum absolute atomic E-state index is 0.191. The van der Waals surface area contributed by atoms with Gasteiger partial charge in [0, 0.05) is 11.4 Å². The number of allylic oxidation sites excluding steroid dienone is 1. The number of alkyl halides is 2. The Bertz CT molecular complexity index is 145. The Kier molecular flexibility index (Phi) is 6.96. The Morgan fingerprint density at radius 3 is 2.82 bits per heavy atom. The molecule has 0 aliphatic heterocycles. The molecule has 0 fully saturated rings. The molecule has 0 spiro atoms. The predicted molar refractivity (Wildman–Crippen MR) is 52.3 cm³/mol. The second-order valence-electron chi connectivity index (χ2n) is 1.88. The van der Waals surface area contributed by atoms with Crippen molar-refractivity contribution in [2.75, 3.05) is 11.9 Å². The Hall–Kier alpha value is 0.170. The summed E-state index contributed by atoms with van der Waals surface area (Å²) in [4.78, 5) is 10.9. The molecule has 0 aliphatic carbocycles. The minimum Gasteiger partial charge on any atom is -0.461 e. The molecule has 0 amide bonds. The van der Waals surface area contributed by atoms with Gasteiger partial charge in [-0.1, -0.05) is 37.9 Å². The first kappa shape index (κ1) is 11.2. The fourth-order valence-electron chi connectivity index (χ4n) is 0.401. The Morgan fingerprint density at radius 1 is 1.73 bits per heavy atom. The molecule has 0 rings (SSSR count). The third-order valence-electron chi connectivity index (χ3n) is 0.877. The molecule has 0 heterocycles. The van der Waals surface area contributed by atoms with E-state index in [0.717, 1.165) is 5.33 Å². The lowest BCUT2D eigenvalue weighted by molar-refractivity contribution is -0.137. The molecule has 0 saturated carbocycles. The van der Waals surface area contributed by atoms with E-state index in [1.54, 1.807) is 13.0 Å². The van der Waals surface area contributed by atoms with Crippen LogP contribution in [0, 0.1) is 0 Å². The van der Waals surface area contributed by atoms with Crippen molar-refractivity contribution in [1.29, 1.82) is 0 Å². The lowest BCUT2D eigenvalue weighted by Crippen LogP contribution is -2.12. The van der Waals surface area contributed by atoms with Crippen molar-refractivity contribution in [2.24, 2.45) is 0 Å². The zero-order valence-electron chi connectivity index (χ0n) is 6.22. The first-order chi connectivity index (χ1) is 5.20. The number of ether oxygens (including phenoxy) is 1. The molecule has 1 atom stereocenters. The zero-order valence-corrected chi connectivity index (χ0v) is 9.39. The monoisotopic (exact) mass is 284 g/mol. The van der Waals surface area contributed by atoms with Crippen molar-refractivity contribution in [3.63, 3.8) is 0 Å². The van der Waals surface area contributed by atoms with Crippen LogP contribution in [0.3, 0.4) is 0 Å². The van der Waals surface area contributed by atoms with Crippen molar-refractivity contribution in [3.8, 4) is 0 Å². The van der Waals surface area contributed by atoms with Crippen LogP contribution >= 0.6 is 31.9 Å². The summed E-state index contributed by atoms with van der Waals surface area (Å²) in [7, 11) is 0. The van der Waals surface area contributed by atoms with Crippen LogP contribution in [0.2, 0.25) is 0 Å². The summed E-state index contributed by atoms with van der Waals surface area (Å²) >= 11 is 6.56. The van der Waals surface area contributed by atoms with E-state index in [1.807, 2.05) is 0 Å². The summed E-state index contributed by atoms with van der Waals surface area (Å²) in [6.07, 6.45) is 3.05. The van der Waals surface area contributed by atoms with Crippen molar-refractivity contribution in [1.82, 2.24) is 0 Å². The SMILES string of the molecule is C/C=C/C(=O)OCC(Br)CBr. The van der Waals surface area contributed by atoms with Crippen LogP contribution in [0.5, 0.6) is 0 Å². The average Bonchev–Trinajstić information content (AvgIpc) is 2.01. The van der Waals surface area contributed by atoms with Gasteiger partial charge in [-0.3, -0.25) is 0 Å². The van der Waals surface area contributed by atoms with Crippen molar-refractivity contribution in [3.05, 3.63) is 12.2 Å². The third kappa shape index (κ3) is 6.56. The van der Waals surface area contributed by atoms with Crippen molar-refractivity contribution >= 4 is 37.8 Å². The van der Waals surface area contributed by atoms with Gasteiger partial charge in [0.1, 0.15) is 6.61 Å². The van der Waals surface area contributed by atoms with E-state index in [-0.39, 0.29) is 10.8 Å². The Labute approximate surface area is 83.2 Å². The molecular weight excluding hydrogens is 276 g/mol. The van der Waals surface area contributed by atoms with E-state index in [1.165, 1.54) is 6.08 Å². The van der Waals surface area contributed by atoms with Crippen LogP contribution in [0.15, 0.2) is 12.2 Å². The fraction of sp³-hybridized carbons (Fsp3) is 0.571. The van der Waals surface area contributed by atoms with E-state index >= 15 is 0 Å². The smallest absolute Gasteiger partial charge is 0.330 e. The maximum absolute atomic E-state index is 10.7. The summed E-state index contributed by atoms with van der Waals surface area (Å²) in [5, 5.41) is 0.774. The number of hydrogen-bond acceptors (Lipinski definition) is 2. The Morgan fingerprint density at radius 2 is 2.36 bits per heavy atom. The molecule has 0 radical (unpaired) electrons. The maximum Gasteiger partial charge on any atom is 0.330 e. The molecule has 0 N–H and O–H groups in total. The lowest BCUT2D eigenvalue weighted by atomic mass is 10.5. The Balaban J connectivity index is 3.45. The van der Waals surface area contributed by atoms with E-state index in [4.69, 9.17) is 4.74 Å². The van der Waals surface area contributed by atoms with Crippen molar-refractivity contribution in [2.45, 2.75) is 11.8 Å². The first-order valence-electron chi connectivity index (χ1n) is 3.20. The highest BCUT2D eigenvalue weighted by Crippen LogP contribution is 2.03. The second-order valence-corrected chi connectivity index (χ2v) is 3.82. The largest absolute Gasteiger partial charge is 0.461 e. The maximum atomic E-state index is 10.7. The van der Waals surface area contributed by atoms with Gasteiger partial charge < -0.3 is 4.74 Å². The molecule has 0 aromatic rings. The molecule has 64 valence electrons. The van der Waals surface area contributed by atoms with E-state index in [2.05, 4.69) is 31.9 Å². The summed E-state index contributed by atoms with van der Waals surface area (Å²) in [6.45, 7) is 2.17. The third-order valence-corrected chi connectivity index (χ3v) is 3.12. The zero-order chi connectivity index (χ0) is 8.69.